The molecule has 0 radical (unpaired) electrons. The van der Waals surface area contributed by atoms with Gasteiger partial charge < -0.3 is 15.4 Å². The van der Waals surface area contributed by atoms with Crippen molar-refractivity contribution in [2.24, 2.45) is 5.92 Å². The molecule has 2 unspecified atom stereocenters. The molecule has 0 bridgehead atoms. The van der Waals surface area contributed by atoms with Gasteiger partial charge in [0, 0.05) is 11.1 Å². The van der Waals surface area contributed by atoms with Crippen molar-refractivity contribution in [2.75, 3.05) is 17.3 Å². The van der Waals surface area contributed by atoms with Crippen LogP contribution in [0.3, 0.4) is 0 Å². The maximum absolute atomic E-state index is 14.2. The molecule has 0 aliphatic carbocycles. The molecule has 3 amide bonds. The van der Waals surface area contributed by atoms with Crippen LogP contribution in [0, 0.1) is 17.6 Å². The number of alkyl carbamates (subject to hydrolysis) is 1. The van der Waals surface area contributed by atoms with Gasteiger partial charge in [-0.1, -0.05) is 52.0 Å². The number of fused-ring (bicyclic) bond motifs is 1. The number of carbonyl (C=O) groups is 3. The topological polar surface area (TPSA) is 87.7 Å². The summed E-state index contributed by atoms with van der Waals surface area (Å²) in [5, 5.41) is 4.85. The number of nitrogens with zero attached hydrogens (tertiary/aromatic N) is 1. The van der Waals surface area contributed by atoms with Crippen molar-refractivity contribution in [1.29, 1.82) is 0 Å². The van der Waals surface area contributed by atoms with E-state index < -0.39 is 52.7 Å². The average Bonchev–Trinajstić information content (AvgIpc) is 3.01. The van der Waals surface area contributed by atoms with E-state index in [1.807, 2.05) is 0 Å². The first kappa shape index (κ1) is 24.2. The van der Waals surface area contributed by atoms with Gasteiger partial charge in [0.25, 0.3) is 5.91 Å². The zero-order valence-corrected chi connectivity index (χ0v) is 19.1. The van der Waals surface area contributed by atoms with Crippen LogP contribution in [0.15, 0.2) is 42.5 Å². The third-order valence-electron chi connectivity index (χ3n) is 5.89. The molecule has 2 N–H and O–H groups in total. The Hall–Kier alpha value is -3.49. The zero-order chi connectivity index (χ0) is 24.5. The lowest BCUT2D eigenvalue weighted by Gasteiger charge is -2.35. The highest BCUT2D eigenvalue weighted by Crippen LogP contribution is 2.46. The molecule has 2 atom stereocenters. The van der Waals surface area contributed by atoms with Crippen molar-refractivity contribution in [3.63, 3.8) is 0 Å². The Morgan fingerprint density at radius 1 is 1.03 bits per heavy atom. The molecule has 3 rings (SSSR count). The minimum Gasteiger partial charge on any atom is -0.453 e. The van der Waals surface area contributed by atoms with E-state index in [9.17, 15) is 23.2 Å². The van der Waals surface area contributed by atoms with Crippen LogP contribution < -0.4 is 15.5 Å². The SMILES string of the molecule is COC(=O)NC(C(=O)N1c2ccccc2C(C)(C)C1C(=O)Nc1c(F)cccc1F)C(C)C. The standard InChI is InChI=1S/C24H27F2N3O4/c1-13(2)18(28-23(32)33-5)22(31)29-17-12-7-6-9-14(17)24(3,4)20(29)21(30)27-19-15(25)10-8-11-16(19)26/h6-13,18,20H,1-5H3,(H,27,30)(H,28,32). The monoisotopic (exact) mass is 459 g/mol. The van der Waals surface area contributed by atoms with Crippen LogP contribution in [0.5, 0.6) is 0 Å². The number of hydrogen-bond acceptors (Lipinski definition) is 4. The van der Waals surface area contributed by atoms with E-state index in [0.717, 1.165) is 12.1 Å². The van der Waals surface area contributed by atoms with E-state index in [1.54, 1.807) is 52.0 Å². The average molecular weight is 459 g/mol. The Kier molecular flexibility index (Phi) is 6.71. The predicted octanol–water partition coefficient (Wildman–Crippen LogP) is 3.98. The fourth-order valence-electron chi connectivity index (χ4n) is 4.19. The van der Waals surface area contributed by atoms with Gasteiger partial charge in [0.2, 0.25) is 5.91 Å². The molecule has 0 saturated carbocycles. The van der Waals surface area contributed by atoms with Gasteiger partial charge in [-0.2, -0.15) is 0 Å². The number of rotatable bonds is 5. The number of benzene rings is 2. The minimum absolute atomic E-state index is 0.333. The fraction of sp³-hybridized carbons (Fsp3) is 0.375. The van der Waals surface area contributed by atoms with Crippen LogP contribution in [0.2, 0.25) is 0 Å². The highest BCUT2D eigenvalue weighted by atomic mass is 19.1. The molecule has 0 saturated heterocycles. The molecular weight excluding hydrogens is 432 g/mol. The lowest BCUT2D eigenvalue weighted by molar-refractivity contribution is -0.126. The van der Waals surface area contributed by atoms with Crippen molar-refractivity contribution in [3.8, 4) is 0 Å². The van der Waals surface area contributed by atoms with E-state index in [4.69, 9.17) is 0 Å². The zero-order valence-electron chi connectivity index (χ0n) is 19.1. The summed E-state index contributed by atoms with van der Waals surface area (Å²) in [6, 6.07) is 8.12. The molecule has 0 fully saturated rings. The number of amides is 3. The Balaban J connectivity index is 2.07. The summed E-state index contributed by atoms with van der Waals surface area (Å²) < 4.78 is 33.1. The van der Waals surface area contributed by atoms with Crippen molar-refractivity contribution in [2.45, 2.75) is 45.2 Å². The summed E-state index contributed by atoms with van der Waals surface area (Å²) in [5.41, 5.74) is -0.285. The first-order valence-electron chi connectivity index (χ1n) is 10.5. The number of methoxy groups -OCH3 is 1. The second-order valence-electron chi connectivity index (χ2n) is 8.79. The molecule has 2 aromatic carbocycles. The molecule has 0 spiro atoms. The third-order valence-corrected chi connectivity index (χ3v) is 5.89. The third kappa shape index (κ3) is 4.40. The van der Waals surface area contributed by atoms with Crippen LogP contribution in [-0.2, 0) is 19.7 Å². The number of ether oxygens (including phenoxy) is 1. The van der Waals surface area contributed by atoms with Gasteiger partial charge in [0.05, 0.1) is 7.11 Å². The Labute approximate surface area is 191 Å². The molecule has 1 heterocycles. The molecule has 1 aliphatic heterocycles. The van der Waals surface area contributed by atoms with Crippen LogP contribution in [0.1, 0.15) is 33.3 Å². The molecule has 0 aromatic heterocycles. The molecule has 2 aromatic rings. The molecule has 1 aliphatic rings. The molecular formula is C24H27F2N3O4. The second kappa shape index (κ2) is 9.17. The van der Waals surface area contributed by atoms with Crippen LogP contribution in [0.4, 0.5) is 25.0 Å². The Morgan fingerprint density at radius 3 is 2.21 bits per heavy atom. The molecule has 176 valence electrons. The minimum atomic E-state index is -1.14. The highest BCUT2D eigenvalue weighted by Gasteiger charge is 2.52. The summed E-state index contributed by atoms with van der Waals surface area (Å²) in [4.78, 5) is 40.3. The van der Waals surface area contributed by atoms with Gasteiger partial charge in [-0.3, -0.25) is 14.5 Å². The number of halogens is 2. The largest absolute Gasteiger partial charge is 0.453 e. The van der Waals surface area contributed by atoms with Crippen molar-refractivity contribution in [3.05, 3.63) is 59.7 Å². The van der Waals surface area contributed by atoms with Crippen molar-refractivity contribution >= 4 is 29.3 Å². The highest BCUT2D eigenvalue weighted by molar-refractivity contribution is 6.10. The lowest BCUT2D eigenvalue weighted by Crippen LogP contribution is -2.58. The Morgan fingerprint density at radius 2 is 1.64 bits per heavy atom. The summed E-state index contributed by atoms with van der Waals surface area (Å²) in [5.74, 6) is -3.49. The van der Waals surface area contributed by atoms with Gasteiger partial charge >= 0.3 is 6.09 Å². The maximum Gasteiger partial charge on any atom is 0.407 e. The number of nitrogens with one attached hydrogen (secondary N) is 2. The van der Waals surface area contributed by atoms with E-state index in [-0.39, 0.29) is 5.92 Å². The van der Waals surface area contributed by atoms with Gasteiger partial charge in [0.15, 0.2) is 0 Å². The van der Waals surface area contributed by atoms with Crippen LogP contribution >= 0.6 is 0 Å². The summed E-state index contributed by atoms with van der Waals surface area (Å²) in [6.07, 6.45) is -0.789. The lowest BCUT2D eigenvalue weighted by atomic mass is 9.80. The van der Waals surface area contributed by atoms with Crippen molar-refractivity contribution in [1.82, 2.24) is 5.32 Å². The molecule has 33 heavy (non-hydrogen) atoms. The van der Waals surface area contributed by atoms with Gasteiger partial charge in [-0.15, -0.1) is 0 Å². The summed E-state index contributed by atoms with van der Waals surface area (Å²) >= 11 is 0. The smallest absolute Gasteiger partial charge is 0.407 e. The molecule has 7 nitrogen and oxygen atoms in total. The summed E-state index contributed by atoms with van der Waals surface area (Å²) in [7, 11) is 1.19. The molecule has 9 heteroatoms. The quantitative estimate of drug-likeness (QED) is 0.708. The van der Waals surface area contributed by atoms with Gasteiger partial charge in [-0.25, -0.2) is 13.6 Å². The van der Waals surface area contributed by atoms with E-state index in [2.05, 4.69) is 15.4 Å². The number of carbonyl (C=O) groups excluding carboxylic acids is 3. The van der Waals surface area contributed by atoms with E-state index in [1.165, 1.54) is 18.1 Å². The second-order valence-corrected chi connectivity index (χ2v) is 8.79. The number of anilines is 2. The number of hydrogen-bond donors (Lipinski definition) is 2. The first-order chi connectivity index (χ1) is 15.5. The number of para-hydroxylation sites is 2. The van der Waals surface area contributed by atoms with E-state index in [0.29, 0.717) is 11.3 Å². The van der Waals surface area contributed by atoms with E-state index >= 15 is 0 Å². The predicted molar refractivity (Wildman–Crippen MR) is 120 cm³/mol. The van der Waals surface area contributed by atoms with Crippen LogP contribution in [0.25, 0.3) is 0 Å². The van der Waals surface area contributed by atoms with Crippen LogP contribution in [-0.4, -0.2) is 37.1 Å². The normalized spacial score (nSPS) is 17.3. The van der Waals surface area contributed by atoms with Crippen molar-refractivity contribution < 1.29 is 27.9 Å². The first-order valence-corrected chi connectivity index (χ1v) is 10.5. The Bertz CT molecular complexity index is 1070. The maximum atomic E-state index is 14.2. The summed E-state index contributed by atoms with van der Waals surface area (Å²) in [6.45, 7) is 7.04. The van der Waals surface area contributed by atoms with Gasteiger partial charge in [0.1, 0.15) is 29.4 Å². The van der Waals surface area contributed by atoms with Gasteiger partial charge in [-0.05, 0) is 29.7 Å². The fourth-order valence-corrected chi connectivity index (χ4v) is 4.19.